The highest BCUT2D eigenvalue weighted by Crippen LogP contribution is 2.45. The van der Waals surface area contributed by atoms with Gasteiger partial charge in [0.25, 0.3) is 0 Å². The van der Waals surface area contributed by atoms with E-state index >= 15 is 0 Å². The first-order chi connectivity index (χ1) is 11.0. The van der Waals surface area contributed by atoms with Crippen molar-refractivity contribution < 1.29 is 13.2 Å². The fraction of sp³-hybridized carbons (Fsp3) is 0.500. The summed E-state index contributed by atoms with van der Waals surface area (Å²) >= 11 is 0. The van der Waals surface area contributed by atoms with Gasteiger partial charge in [0.15, 0.2) is 0 Å². The SMILES string of the molecule is FC(F)(F)c1cccc(N2C[C@H]3CC[C@H](n4ccnc4)[C@H]3C2)n1. The van der Waals surface area contributed by atoms with E-state index in [1.165, 1.54) is 6.07 Å². The van der Waals surface area contributed by atoms with Crippen LogP contribution in [0.15, 0.2) is 36.9 Å². The fourth-order valence-electron chi connectivity index (χ4n) is 4.02. The maximum Gasteiger partial charge on any atom is 0.433 e. The van der Waals surface area contributed by atoms with Gasteiger partial charge >= 0.3 is 6.18 Å². The number of rotatable bonds is 2. The van der Waals surface area contributed by atoms with Crippen LogP contribution in [-0.2, 0) is 6.18 Å². The zero-order valence-corrected chi connectivity index (χ0v) is 12.4. The monoisotopic (exact) mass is 322 g/mol. The summed E-state index contributed by atoms with van der Waals surface area (Å²) in [6.07, 6.45) is 3.38. The smallest absolute Gasteiger partial charge is 0.356 e. The molecule has 2 fully saturated rings. The van der Waals surface area contributed by atoms with Gasteiger partial charge in [0.2, 0.25) is 0 Å². The van der Waals surface area contributed by atoms with E-state index in [-0.39, 0.29) is 0 Å². The van der Waals surface area contributed by atoms with Crippen LogP contribution in [-0.4, -0.2) is 27.6 Å². The number of imidazole rings is 1. The highest BCUT2D eigenvalue weighted by Gasteiger charge is 2.44. The largest absolute Gasteiger partial charge is 0.433 e. The average molecular weight is 322 g/mol. The second-order valence-electron chi connectivity index (χ2n) is 6.36. The van der Waals surface area contributed by atoms with Gasteiger partial charge in [-0.2, -0.15) is 13.2 Å². The summed E-state index contributed by atoms with van der Waals surface area (Å²) in [6.45, 7) is 1.53. The van der Waals surface area contributed by atoms with E-state index in [2.05, 4.69) is 14.5 Å². The topological polar surface area (TPSA) is 34.0 Å². The van der Waals surface area contributed by atoms with Crippen LogP contribution in [0.25, 0.3) is 0 Å². The molecule has 3 heterocycles. The Labute approximate surface area is 132 Å². The van der Waals surface area contributed by atoms with Crippen molar-refractivity contribution in [2.75, 3.05) is 18.0 Å². The molecule has 0 unspecified atom stereocenters. The summed E-state index contributed by atoms with van der Waals surface area (Å²) in [5.41, 5.74) is -0.821. The summed E-state index contributed by atoms with van der Waals surface area (Å²) in [4.78, 5) is 9.93. The number of alkyl halides is 3. The van der Waals surface area contributed by atoms with Crippen molar-refractivity contribution in [1.29, 1.82) is 0 Å². The molecular formula is C16H17F3N4. The molecule has 0 N–H and O–H groups in total. The first-order valence-corrected chi connectivity index (χ1v) is 7.79. The lowest BCUT2D eigenvalue weighted by atomic mass is 9.98. The third-order valence-corrected chi connectivity index (χ3v) is 5.08. The molecule has 0 spiro atoms. The van der Waals surface area contributed by atoms with Crippen LogP contribution in [0.1, 0.15) is 24.6 Å². The molecular weight excluding hydrogens is 305 g/mol. The van der Waals surface area contributed by atoms with E-state index in [0.717, 1.165) is 32.0 Å². The summed E-state index contributed by atoms with van der Waals surface area (Å²) in [5.74, 6) is 1.39. The van der Waals surface area contributed by atoms with Crippen molar-refractivity contribution in [3.63, 3.8) is 0 Å². The van der Waals surface area contributed by atoms with E-state index in [1.807, 2.05) is 17.4 Å². The molecule has 0 amide bonds. The number of pyridine rings is 1. The zero-order chi connectivity index (χ0) is 16.0. The number of anilines is 1. The lowest BCUT2D eigenvalue weighted by molar-refractivity contribution is -0.141. The lowest BCUT2D eigenvalue weighted by Crippen LogP contribution is -2.25. The second-order valence-corrected chi connectivity index (χ2v) is 6.36. The molecule has 2 aromatic rings. The number of aromatic nitrogens is 3. The van der Waals surface area contributed by atoms with Gasteiger partial charge < -0.3 is 9.47 Å². The third-order valence-electron chi connectivity index (χ3n) is 5.08. The summed E-state index contributed by atoms with van der Waals surface area (Å²) in [5, 5.41) is 0. The van der Waals surface area contributed by atoms with Crippen molar-refractivity contribution in [3.8, 4) is 0 Å². The van der Waals surface area contributed by atoms with Gasteiger partial charge in [0.05, 0.1) is 6.33 Å². The van der Waals surface area contributed by atoms with E-state index < -0.39 is 11.9 Å². The van der Waals surface area contributed by atoms with Gasteiger partial charge in [0.1, 0.15) is 11.5 Å². The quantitative estimate of drug-likeness (QED) is 0.850. The first-order valence-electron chi connectivity index (χ1n) is 7.79. The Kier molecular flexibility index (Phi) is 3.32. The Bertz CT molecular complexity index is 683. The molecule has 122 valence electrons. The Hall–Kier alpha value is -2.05. The van der Waals surface area contributed by atoms with Crippen molar-refractivity contribution in [3.05, 3.63) is 42.6 Å². The Balaban J connectivity index is 1.55. The fourth-order valence-corrected chi connectivity index (χ4v) is 4.02. The van der Waals surface area contributed by atoms with E-state index in [9.17, 15) is 13.2 Å². The van der Waals surface area contributed by atoms with Gasteiger partial charge in [-0.3, -0.25) is 0 Å². The van der Waals surface area contributed by atoms with Crippen LogP contribution in [0.3, 0.4) is 0 Å². The standard InChI is InChI=1S/C16H17F3N4/c17-16(18,19)14-2-1-3-15(21-14)23-8-11-4-5-13(12(11)9-23)22-7-6-20-10-22/h1-3,6-7,10-13H,4-5,8-9H2/t11-,12+,13+/m1/s1. The number of halogens is 3. The van der Waals surface area contributed by atoms with Crippen LogP contribution < -0.4 is 4.90 Å². The predicted molar refractivity (Wildman–Crippen MR) is 78.9 cm³/mol. The minimum atomic E-state index is -4.40. The summed E-state index contributed by atoms with van der Waals surface area (Å²) < 4.78 is 40.7. The van der Waals surface area contributed by atoms with Crippen LogP contribution >= 0.6 is 0 Å². The second kappa shape index (κ2) is 5.25. The maximum atomic E-state index is 12.8. The number of hydrogen-bond acceptors (Lipinski definition) is 3. The molecule has 4 rings (SSSR count). The normalized spacial score (nSPS) is 27.4. The molecule has 2 aromatic heterocycles. The van der Waals surface area contributed by atoms with E-state index in [0.29, 0.717) is 23.7 Å². The molecule has 2 aliphatic rings. The van der Waals surface area contributed by atoms with Crippen LogP contribution in [0.5, 0.6) is 0 Å². The van der Waals surface area contributed by atoms with Crippen molar-refractivity contribution in [2.45, 2.75) is 25.1 Å². The van der Waals surface area contributed by atoms with Gasteiger partial charge in [-0.1, -0.05) is 6.07 Å². The van der Waals surface area contributed by atoms with Gasteiger partial charge in [-0.25, -0.2) is 9.97 Å². The van der Waals surface area contributed by atoms with E-state index in [4.69, 9.17) is 0 Å². The number of fused-ring (bicyclic) bond motifs is 1. The molecule has 1 saturated heterocycles. The van der Waals surface area contributed by atoms with Crippen LogP contribution in [0.2, 0.25) is 0 Å². The molecule has 3 atom stereocenters. The van der Waals surface area contributed by atoms with Crippen molar-refractivity contribution in [1.82, 2.24) is 14.5 Å². The number of nitrogens with zero attached hydrogens (tertiary/aromatic N) is 4. The molecule has 0 bridgehead atoms. The molecule has 1 aliphatic carbocycles. The highest BCUT2D eigenvalue weighted by atomic mass is 19.4. The minimum absolute atomic E-state index is 0.387. The first kappa shape index (κ1) is 14.5. The Morgan fingerprint density at radius 3 is 2.74 bits per heavy atom. The van der Waals surface area contributed by atoms with Crippen LogP contribution in [0.4, 0.5) is 19.0 Å². The van der Waals surface area contributed by atoms with Crippen molar-refractivity contribution >= 4 is 5.82 Å². The molecule has 23 heavy (non-hydrogen) atoms. The predicted octanol–water partition coefficient (Wildman–Crippen LogP) is 3.38. The molecule has 7 heteroatoms. The molecule has 0 radical (unpaired) electrons. The maximum absolute atomic E-state index is 12.8. The Morgan fingerprint density at radius 1 is 1.13 bits per heavy atom. The van der Waals surface area contributed by atoms with Gasteiger partial charge in [0, 0.05) is 37.4 Å². The zero-order valence-electron chi connectivity index (χ0n) is 12.4. The average Bonchev–Trinajstić information content (AvgIpc) is 3.22. The Morgan fingerprint density at radius 2 is 2.00 bits per heavy atom. The van der Waals surface area contributed by atoms with Crippen LogP contribution in [0, 0.1) is 11.8 Å². The highest BCUT2D eigenvalue weighted by molar-refractivity contribution is 5.41. The minimum Gasteiger partial charge on any atom is -0.356 e. The summed E-state index contributed by atoms with van der Waals surface area (Å²) in [7, 11) is 0. The molecule has 1 saturated carbocycles. The molecule has 1 aliphatic heterocycles. The van der Waals surface area contributed by atoms with Crippen molar-refractivity contribution in [2.24, 2.45) is 11.8 Å². The number of hydrogen-bond donors (Lipinski definition) is 0. The van der Waals surface area contributed by atoms with E-state index in [1.54, 1.807) is 12.3 Å². The third kappa shape index (κ3) is 2.58. The molecule has 4 nitrogen and oxygen atoms in total. The lowest BCUT2D eigenvalue weighted by Gasteiger charge is -2.22. The van der Waals surface area contributed by atoms with Gasteiger partial charge in [-0.05, 0) is 30.9 Å². The van der Waals surface area contributed by atoms with Gasteiger partial charge in [-0.15, -0.1) is 0 Å². The summed E-state index contributed by atoms with van der Waals surface area (Å²) in [6, 6.07) is 4.52. The molecule has 0 aromatic carbocycles.